The van der Waals surface area contributed by atoms with Gasteiger partial charge in [-0.25, -0.2) is 14.2 Å². The minimum atomic E-state index is -0.548. The summed E-state index contributed by atoms with van der Waals surface area (Å²) >= 11 is 6.33. The smallest absolute Gasteiger partial charge is 0.340 e. The Balaban J connectivity index is 1.82. The first kappa shape index (κ1) is 22.7. The summed E-state index contributed by atoms with van der Waals surface area (Å²) in [7, 11) is 2.71. The maximum atomic E-state index is 14.5. The van der Waals surface area contributed by atoms with E-state index < -0.39 is 11.8 Å². The van der Waals surface area contributed by atoms with E-state index in [0.29, 0.717) is 33.9 Å². The van der Waals surface area contributed by atoms with Crippen molar-refractivity contribution in [2.24, 2.45) is 0 Å². The zero-order valence-electron chi connectivity index (χ0n) is 18.9. The number of methoxy groups -OCH3 is 2. The zero-order valence-corrected chi connectivity index (χ0v) is 19.6. The van der Waals surface area contributed by atoms with E-state index in [2.05, 4.69) is 0 Å². The summed E-state index contributed by atoms with van der Waals surface area (Å²) in [4.78, 5) is 17.8. The fourth-order valence-corrected chi connectivity index (χ4v) is 4.40. The Kier molecular flexibility index (Phi) is 5.78. The van der Waals surface area contributed by atoms with Gasteiger partial charge in [0.05, 0.1) is 42.0 Å². The zero-order chi connectivity index (χ0) is 24.7. The van der Waals surface area contributed by atoms with Crippen molar-refractivity contribution in [1.82, 2.24) is 9.55 Å². The van der Waals surface area contributed by atoms with Crippen molar-refractivity contribution in [3.8, 4) is 22.8 Å². The molecule has 0 aliphatic heterocycles. The molecule has 0 radical (unpaired) electrons. The maximum Gasteiger partial charge on any atom is 0.340 e. The van der Waals surface area contributed by atoms with Gasteiger partial charge in [0.2, 0.25) is 0 Å². The predicted molar refractivity (Wildman–Crippen MR) is 133 cm³/mol. The molecule has 176 valence electrons. The topological polar surface area (TPSA) is 73.6 Å². The number of nitrogens with zero attached hydrogens (tertiary/aromatic N) is 2. The van der Waals surface area contributed by atoms with Crippen molar-refractivity contribution in [1.29, 1.82) is 0 Å². The number of aromatic nitrogens is 2. The molecule has 8 heteroatoms. The van der Waals surface area contributed by atoms with Gasteiger partial charge >= 0.3 is 5.97 Å². The number of aromatic hydroxyl groups is 1. The van der Waals surface area contributed by atoms with Gasteiger partial charge in [-0.15, -0.1) is 0 Å². The summed E-state index contributed by atoms with van der Waals surface area (Å²) in [6.07, 6.45) is 0. The quantitative estimate of drug-likeness (QED) is 0.297. The molecule has 5 aromatic rings. The second-order valence-electron chi connectivity index (χ2n) is 8.01. The van der Waals surface area contributed by atoms with Crippen LogP contribution >= 0.6 is 11.6 Å². The normalized spacial score (nSPS) is 11.2. The van der Waals surface area contributed by atoms with Crippen molar-refractivity contribution >= 4 is 39.5 Å². The van der Waals surface area contributed by atoms with Crippen molar-refractivity contribution in [3.05, 3.63) is 88.7 Å². The molecular weight excluding hydrogens is 471 g/mol. The summed E-state index contributed by atoms with van der Waals surface area (Å²) in [5.74, 6) is -0.808. The van der Waals surface area contributed by atoms with Gasteiger partial charge in [0.25, 0.3) is 0 Å². The Hall–Kier alpha value is -4.10. The van der Waals surface area contributed by atoms with Crippen molar-refractivity contribution < 1.29 is 23.8 Å². The summed E-state index contributed by atoms with van der Waals surface area (Å²) < 4.78 is 26.5. The van der Waals surface area contributed by atoms with E-state index in [-0.39, 0.29) is 17.1 Å². The lowest BCUT2D eigenvalue weighted by molar-refractivity contribution is 0.0602. The number of rotatable bonds is 5. The molecular formula is C27H20ClFN2O4. The van der Waals surface area contributed by atoms with Gasteiger partial charge in [-0.2, -0.15) is 0 Å². The Morgan fingerprint density at radius 3 is 2.51 bits per heavy atom. The highest BCUT2D eigenvalue weighted by Gasteiger charge is 2.22. The lowest BCUT2D eigenvalue weighted by atomic mass is 10.1. The first-order chi connectivity index (χ1) is 16.9. The molecule has 0 spiro atoms. The Morgan fingerprint density at radius 2 is 1.83 bits per heavy atom. The first-order valence-electron chi connectivity index (χ1n) is 10.7. The van der Waals surface area contributed by atoms with Gasteiger partial charge in [-0.1, -0.05) is 23.7 Å². The predicted octanol–water partition coefficient (Wildman–Crippen LogP) is 6.20. The number of carbonyl (C=O) groups is 1. The minimum absolute atomic E-state index is 0.114. The standard InChI is InChI=1S/C27H20ClFN2O4/c1-34-24-10-5-16(11-21(24)29)22-13-20(27(33)35-2)26-25(30-22)19-9-6-17(28)12-23(19)31(26)14-15-3-7-18(32)8-4-15/h3-13,32H,14H2,1-2H3. The molecule has 0 fully saturated rings. The Bertz CT molecular complexity index is 1600. The molecule has 0 bridgehead atoms. The van der Waals surface area contributed by atoms with Gasteiger partial charge < -0.3 is 19.1 Å². The molecule has 1 N–H and O–H groups in total. The van der Waals surface area contributed by atoms with Crippen molar-refractivity contribution in [3.63, 3.8) is 0 Å². The number of phenols is 1. The van der Waals surface area contributed by atoms with Gasteiger partial charge in [0.15, 0.2) is 11.6 Å². The molecule has 0 saturated heterocycles. The third kappa shape index (κ3) is 4.04. The highest BCUT2D eigenvalue weighted by molar-refractivity contribution is 6.31. The number of halogens is 2. The SMILES string of the molecule is COC(=O)c1cc(-c2ccc(OC)c(F)c2)nc2c3ccc(Cl)cc3n(Cc3ccc(O)cc3)c12. The van der Waals surface area contributed by atoms with Gasteiger partial charge in [-0.3, -0.25) is 0 Å². The van der Waals surface area contributed by atoms with E-state index in [1.165, 1.54) is 26.4 Å². The summed E-state index contributed by atoms with van der Waals surface area (Å²) in [6, 6.07) is 18.3. The lowest BCUT2D eigenvalue weighted by Crippen LogP contribution is -2.08. The third-order valence-corrected chi connectivity index (χ3v) is 6.13. The van der Waals surface area contributed by atoms with E-state index in [1.54, 1.807) is 42.5 Å². The van der Waals surface area contributed by atoms with Crippen LogP contribution in [-0.2, 0) is 11.3 Å². The van der Waals surface area contributed by atoms with Gasteiger partial charge in [0.1, 0.15) is 5.75 Å². The summed E-state index contributed by atoms with van der Waals surface area (Å²) in [5, 5.41) is 11.0. The second kappa shape index (κ2) is 8.92. The Morgan fingerprint density at radius 1 is 1.06 bits per heavy atom. The first-order valence-corrected chi connectivity index (χ1v) is 11.1. The molecule has 0 atom stereocenters. The van der Waals surface area contributed by atoms with Crippen molar-refractivity contribution in [2.45, 2.75) is 6.54 Å². The van der Waals surface area contributed by atoms with E-state index in [4.69, 9.17) is 26.1 Å². The van der Waals surface area contributed by atoms with Crippen molar-refractivity contribution in [2.75, 3.05) is 14.2 Å². The van der Waals surface area contributed by atoms with E-state index in [0.717, 1.165) is 16.5 Å². The van der Waals surface area contributed by atoms with Crippen LogP contribution in [0.4, 0.5) is 4.39 Å². The fourth-order valence-electron chi connectivity index (χ4n) is 4.24. The molecule has 3 aromatic carbocycles. The molecule has 2 heterocycles. The highest BCUT2D eigenvalue weighted by atomic mass is 35.5. The average Bonchev–Trinajstić information content (AvgIpc) is 3.16. The van der Waals surface area contributed by atoms with Crippen LogP contribution in [0.2, 0.25) is 5.02 Å². The number of fused-ring (bicyclic) bond motifs is 3. The number of hydrogen-bond donors (Lipinski definition) is 1. The van der Waals surface area contributed by atoms with Crippen LogP contribution in [0.25, 0.3) is 33.2 Å². The third-order valence-electron chi connectivity index (χ3n) is 5.90. The van der Waals surface area contributed by atoms with Crippen LogP contribution < -0.4 is 4.74 Å². The number of hydrogen-bond acceptors (Lipinski definition) is 5. The highest BCUT2D eigenvalue weighted by Crippen LogP contribution is 2.36. The Labute approximate surface area is 205 Å². The minimum Gasteiger partial charge on any atom is -0.508 e. The fraction of sp³-hybridized carbons (Fsp3) is 0.111. The molecule has 35 heavy (non-hydrogen) atoms. The number of pyridine rings is 1. The summed E-state index contributed by atoms with van der Waals surface area (Å²) in [6.45, 7) is 0.392. The number of carbonyl (C=O) groups excluding carboxylic acids is 1. The molecule has 6 nitrogen and oxygen atoms in total. The molecule has 0 amide bonds. The monoisotopic (exact) mass is 490 g/mol. The lowest BCUT2D eigenvalue weighted by Gasteiger charge is -2.12. The van der Waals surface area contributed by atoms with Gasteiger partial charge in [-0.05, 0) is 60.2 Å². The van der Waals surface area contributed by atoms with Crippen LogP contribution in [0, 0.1) is 5.82 Å². The number of benzene rings is 3. The summed E-state index contributed by atoms with van der Waals surface area (Å²) in [5.41, 5.74) is 4.00. The molecule has 0 aliphatic rings. The van der Waals surface area contributed by atoms with Crippen LogP contribution in [0.3, 0.4) is 0 Å². The van der Waals surface area contributed by atoms with Crippen LogP contribution in [0.5, 0.6) is 11.5 Å². The average molecular weight is 491 g/mol. The van der Waals surface area contributed by atoms with Crippen LogP contribution in [0.1, 0.15) is 15.9 Å². The number of esters is 1. The molecule has 0 unspecified atom stereocenters. The molecule has 2 aromatic heterocycles. The van der Waals surface area contributed by atoms with Gasteiger partial charge in [0, 0.05) is 22.5 Å². The second-order valence-corrected chi connectivity index (χ2v) is 8.44. The molecule has 5 rings (SSSR count). The number of ether oxygens (including phenoxy) is 2. The maximum absolute atomic E-state index is 14.5. The van der Waals surface area contributed by atoms with Crippen LogP contribution in [0.15, 0.2) is 66.7 Å². The molecule has 0 saturated carbocycles. The van der Waals surface area contributed by atoms with Crippen LogP contribution in [-0.4, -0.2) is 34.8 Å². The molecule has 0 aliphatic carbocycles. The number of phenolic OH excluding ortho intramolecular Hbond substituents is 1. The van der Waals surface area contributed by atoms with E-state index in [1.807, 2.05) is 16.7 Å². The van der Waals surface area contributed by atoms with E-state index in [9.17, 15) is 14.3 Å². The van der Waals surface area contributed by atoms with E-state index >= 15 is 0 Å². The largest absolute Gasteiger partial charge is 0.508 e.